The van der Waals surface area contributed by atoms with E-state index in [-0.39, 0.29) is 18.0 Å². The minimum atomic E-state index is -0.280. The lowest BCUT2D eigenvalue weighted by atomic mass is 10.1. The van der Waals surface area contributed by atoms with Crippen LogP contribution >= 0.6 is 0 Å². The monoisotopic (exact) mass is 384 g/mol. The van der Waals surface area contributed by atoms with Crippen LogP contribution < -0.4 is 10.6 Å². The van der Waals surface area contributed by atoms with Gasteiger partial charge in [-0.3, -0.25) is 9.48 Å². The third kappa shape index (κ3) is 5.56. The molecule has 3 amide bonds. The maximum absolute atomic E-state index is 12.7. The Morgan fingerprint density at radius 3 is 2.68 bits per heavy atom. The van der Waals surface area contributed by atoms with Crippen molar-refractivity contribution in [2.75, 3.05) is 38.5 Å². The number of aromatic nitrogens is 2. The first-order chi connectivity index (χ1) is 13.5. The Labute approximate surface area is 165 Å². The summed E-state index contributed by atoms with van der Waals surface area (Å²) in [4.78, 5) is 29.0. The molecule has 1 fully saturated rings. The fourth-order valence-electron chi connectivity index (χ4n) is 3.14. The fourth-order valence-corrected chi connectivity index (χ4v) is 3.14. The molecule has 2 heterocycles. The molecule has 1 aromatic carbocycles. The zero-order valence-electron chi connectivity index (χ0n) is 16.5. The van der Waals surface area contributed by atoms with Crippen LogP contribution in [0.2, 0.25) is 0 Å². The third-order valence-electron chi connectivity index (χ3n) is 4.89. The van der Waals surface area contributed by atoms with E-state index in [4.69, 9.17) is 0 Å². The van der Waals surface area contributed by atoms with Crippen LogP contribution in [0.5, 0.6) is 0 Å². The second kappa shape index (κ2) is 9.36. The molecule has 1 aliphatic heterocycles. The van der Waals surface area contributed by atoms with Gasteiger partial charge in [0.05, 0.1) is 0 Å². The van der Waals surface area contributed by atoms with Crippen molar-refractivity contribution in [2.24, 2.45) is 0 Å². The molecule has 2 aromatic rings. The highest BCUT2D eigenvalue weighted by Crippen LogP contribution is 2.14. The van der Waals surface area contributed by atoms with Gasteiger partial charge < -0.3 is 20.4 Å². The highest BCUT2D eigenvalue weighted by Gasteiger charge is 2.20. The molecule has 1 aromatic heterocycles. The summed E-state index contributed by atoms with van der Waals surface area (Å²) in [6.45, 7) is 5.90. The Bertz CT molecular complexity index is 784. The number of aryl methyl sites for hydroxylation is 1. The van der Waals surface area contributed by atoms with Gasteiger partial charge in [0, 0.05) is 62.4 Å². The SMILES string of the molecule is C[C@@H](CCn1cccn1)NC(=O)Nc1cccc(C(=O)N2CCN(C)CC2)c1. The Balaban J connectivity index is 1.50. The van der Waals surface area contributed by atoms with Crippen molar-refractivity contribution in [3.05, 3.63) is 48.3 Å². The number of hydrogen-bond acceptors (Lipinski definition) is 4. The fraction of sp³-hybridized carbons (Fsp3) is 0.450. The summed E-state index contributed by atoms with van der Waals surface area (Å²) >= 11 is 0. The Kier molecular flexibility index (Phi) is 6.65. The molecule has 2 N–H and O–H groups in total. The van der Waals surface area contributed by atoms with Gasteiger partial charge in [0.1, 0.15) is 0 Å². The number of urea groups is 1. The number of likely N-dealkylation sites (N-methyl/N-ethyl adjacent to an activating group) is 1. The number of piperazine rings is 1. The van der Waals surface area contributed by atoms with Gasteiger partial charge >= 0.3 is 6.03 Å². The van der Waals surface area contributed by atoms with Crippen LogP contribution in [0.4, 0.5) is 10.5 Å². The molecule has 1 atom stereocenters. The van der Waals surface area contributed by atoms with E-state index in [2.05, 4.69) is 27.7 Å². The molecule has 0 aliphatic carbocycles. The van der Waals surface area contributed by atoms with Crippen LogP contribution in [0.1, 0.15) is 23.7 Å². The summed E-state index contributed by atoms with van der Waals surface area (Å²) in [5, 5.41) is 9.89. The molecule has 0 radical (unpaired) electrons. The molecule has 1 saturated heterocycles. The molecule has 150 valence electrons. The lowest BCUT2D eigenvalue weighted by Gasteiger charge is -2.32. The standard InChI is InChI=1S/C20H28N6O2/c1-16(7-10-26-9-4-8-21-26)22-20(28)23-18-6-3-5-17(15-18)19(27)25-13-11-24(2)12-14-25/h3-6,8-9,15-16H,7,10-14H2,1-2H3,(H2,22,23,28)/t16-/m0/s1. The van der Waals surface area contributed by atoms with Crippen LogP contribution in [0.15, 0.2) is 42.7 Å². The maximum atomic E-state index is 12.7. The van der Waals surface area contributed by atoms with E-state index in [1.807, 2.05) is 28.8 Å². The smallest absolute Gasteiger partial charge is 0.319 e. The van der Waals surface area contributed by atoms with Crippen LogP contribution in [0.3, 0.4) is 0 Å². The number of anilines is 1. The van der Waals surface area contributed by atoms with Gasteiger partial charge in [0.2, 0.25) is 0 Å². The van der Waals surface area contributed by atoms with Crippen LogP contribution in [-0.2, 0) is 6.54 Å². The summed E-state index contributed by atoms with van der Waals surface area (Å²) in [7, 11) is 2.06. The Morgan fingerprint density at radius 2 is 1.96 bits per heavy atom. The van der Waals surface area contributed by atoms with E-state index in [1.54, 1.807) is 30.5 Å². The number of rotatable bonds is 6. The van der Waals surface area contributed by atoms with Gasteiger partial charge in [-0.25, -0.2) is 4.79 Å². The normalized spacial score (nSPS) is 15.9. The first-order valence-electron chi connectivity index (χ1n) is 9.64. The summed E-state index contributed by atoms with van der Waals surface area (Å²) in [6.07, 6.45) is 4.41. The number of nitrogens with zero attached hydrogens (tertiary/aromatic N) is 4. The second-order valence-corrected chi connectivity index (χ2v) is 7.23. The molecule has 3 rings (SSSR count). The number of carbonyl (C=O) groups is 2. The van der Waals surface area contributed by atoms with Crippen molar-refractivity contribution in [1.29, 1.82) is 0 Å². The molecule has 8 nitrogen and oxygen atoms in total. The topological polar surface area (TPSA) is 82.5 Å². The van der Waals surface area contributed by atoms with Gasteiger partial charge in [-0.2, -0.15) is 5.10 Å². The van der Waals surface area contributed by atoms with Gasteiger partial charge in [0.15, 0.2) is 0 Å². The van der Waals surface area contributed by atoms with Crippen molar-refractivity contribution in [1.82, 2.24) is 24.9 Å². The predicted octanol–water partition coefficient (Wildman–Crippen LogP) is 1.87. The van der Waals surface area contributed by atoms with Gasteiger partial charge in [0.25, 0.3) is 5.91 Å². The zero-order chi connectivity index (χ0) is 19.9. The molecule has 1 aliphatic rings. The largest absolute Gasteiger partial charge is 0.336 e. The average Bonchev–Trinajstić information content (AvgIpc) is 3.20. The molecule has 0 unspecified atom stereocenters. The van der Waals surface area contributed by atoms with E-state index in [9.17, 15) is 9.59 Å². The molecule has 8 heteroatoms. The van der Waals surface area contributed by atoms with Crippen LogP contribution in [-0.4, -0.2) is 70.8 Å². The highest BCUT2D eigenvalue weighted by molar-refractivity contribution is 5.97. The van der Waals surface area contributed by atoms with Crippen molar-refractivity contribution in [2.45, 2.75) is 25.9 Å². The maximum Gasteiger partial charge on any atom is 0.319 e. The minimum Gasteiger partial charge on any atom is -0.336 e. The van der Waals surface area contributed by atoms with Gasteiger partial charge in [-0.05, 0) is 44.7 Å². The number of nitrogens with one attached hydrogen (secondary N) is 2. The summed E-state index contributed by atoms with van der Waals surface area (Å²) < 4.78 is 1.84. The Hall–Kier alpha value is -2.87. The first kappa shape index (κ1) is 19.9. The number of hydrogen-bond donors (Lipinski definition) is 2. The van der Waals surface area contributed by atoms with Gasteiger partial charge in [-0.15, -0.1) is 0 Å². The number of amides is 3. The lowest BCUT2D eigenvalue weighted by molar-refractivity contribution is 0.0664. The highest BCUT2D eigenvalue weighted by atomic mass is 16.2. The molecular formula is C20H28N6O2. The summed E-state index contributed by atoms with van der Waals surface area (Å²) in [5.74, 6) is 0.00440. The zero-order valence-corrected chi connectivity index (χ0v) is 16.5. The predicted molar refractivity (Wildman–Crippen MR) is 108 cm³/mol. The first-order valence-corrected chi connectivity index (χ1v) is 9.64. The minimum absolute atomic E-state index is 0.000598. The molecule has 0 bridgehead atoms. The van der Waals surface area contributed by atoms with Crippen LogP contribution in [0, 0.1) is 0 Å². The van der Waals surface area contributed by atoms with E-state index in [0.29, 0.717) is 11.3 Å². The van der Waals surface area contributed by atoms with Gasteiger partial charge in [-0.1, -0.05) is 6.07 Å². The molecule has 0 spiro atoms. The Morgan fingerprint density at radius 1 is 1.18 bits per heavy atom. The lowest BCUT2D eigenvalue weighted by Crippen LogP contribution is -2.47. The van der Waals surface area contributed by atoms with Crippen LogP contribution in [0.25, 0.3) is 0 Å². The molecule has 0 saturated carbocycles. The molecular weight excluding hydrogens is 356 g/mol. The van der Waals surface area contributed by atoms with Crippen molar-refractivity contribution < 1.29 is 9.59 Å². The van der Waals surface area contributed by atoms with Crippen molar-refractivity contribution in [3.8, 4) is 0 Å². The second-order valence-electron chi connectivity index (χ2n) is 7.23. The third-order valence-corrected chi connectivity index (χ3v) is 4.89. The molecule has 28 heavy (non-hydrogen) atoms. The van der Waals surface area contributed by atoms with Crippen molar-refractivity contribution in [3.63, 3.8) is 0 Å². The summed E-state index contributed by atoms with van der Waals surface area (Å²) in [6, 6.07) is 8.69. The van der Waals surface area contributed by atoms with E-state index < -0.39 is 0 Å². The summed E-state index contributed by atoms with van der Waals surface area (Å²) in [5.41, 5.74) is 1.20. The average molecular weight is 384 g/mol. The number of benzene rings is 1. The van der Waals surface area contributed by atoms with E-state index in [0.717, 1.165) is 39.1 Å². The van der Waals surface area contributed by atoms with Crippen molar-refractivity contribution >= 4 is 17.6 Å². The van der Waals surface area contributed by atoms with E-state index in [1.165, 1.54) is 0 Å². The van der Waals surface area contributed by atoms with E-state index >= 15 is 0 Å². The quantitative estimate of drug-likeness (QED) is 0.797. The number of carbonyl (C=O) groups excluding carboxylic acids is 2.